The normalized spacial score (nSPS) is 16.6. The number of unbranched alkanes of at least 4 members (excludes halogenated alkanes) is 2. The van der Waals surface area contributed by atoms with Crippen LogP contribution in [-0.4, -0.2) is 162 Å². The van der Waals surface area contributed by atoms with E-state index in [-0.39, 0.29) is 17.8 Å². The summed E-state index contributed by atoms with van der Waals surface area (Å²) in [6.07, 6.45) is 11.9. The number of hydrogen-bond donors (Lipinski definition) is 1. The summed E-state index contributed by atoms with van der Waals surface area (Å²) in [6.45, 7) is 33.0. The lowest BCUT2D eigenvalue weighted by Gasteiger charge is -2.34. The van der Waals surface area contributed by atoms with Crippen LogP contribution in [0.4, 0.5) is 21.0 Å². The van der Waals surface area contributed by atoms with E-state index in [0.29, 0.717) is 101 Å². The zero-order valence-corrected chi connectivity index (χ0v) is 46.8. The molecule has 0 unspecified atom stereocenters. The number of halogens is 1. The van der Waals surface area contributed by atoms with Crippen molar-refractivity contribution in [1.29, 1.82) is 0 Å². The van der Waals surface area contributed by atoms with Crippen molar-refractivity contribution in [2.75, 3.05) is 90.5 Å². The second kappa shape index (κ2) is 31.7. The highest BCUT2D eigenvalue weighted by atomic mass is 79.9. The average Bonchev–Trinajstić information content (AvgIpc) is 3.38. The van der Waals surface area contributed by atoms with Crippen molar-refractivity contribution in [2.45, 2.75) is 130 Å². The number of benzene rings is 2. The number of nitrogens with one attached hydrogen (secondary N) is 1. The molecular weight excluding hydrogens is 1020 g/mol. The Morgan fingerprint density at radius 3 is 1.33 bits per heavy atom. The predicted octanol–water partition coefficient (Wildman–Crippen LogP) is 9.66. The van der Waals surface area contributed by atoms with Crippen molar-refractivity contribution in [3.63, 3.8) is 0 Å². The molecule has 0 atom stereocenters. The summed E-state index contributed by atoms with van der Waals surface area (Å²) in [5, 5.41) is 3.60. The Morgan fingerprint density at radius 2 is 0.947 bits per heavy atom. The molecule has 4 fully saturated rings. The molecule has 2 aromatic rings. The summed E-state index contributed by atoms with van der Waals surface area (Å²) < 4.78 is 22.0. The first-order chi connectivity index (χ1) is 35.8. The van der Waals surface area contributed by atoms with Gasteiger partial charge in [-0.1, -0.05) is 65.9 Å². The number of piperazine rings is 2. The molecule has 6 amide bonds. The molecule has 4 aliphatic rings. The van der Waals surface area contributed by atoms with E-state index >= 15 is 0 Å². The highest BCUT2D eigenvalue weighted by Crippen LogP contribution is 2.26. The number of hydrogen-bond acceptors (Lipinski definition) is 10. The molecule has 4 saturated heterocycles. The van der Waals surface area contributed by atoms with E-state index in [1.54, 1.807) is 63.2 Å². The maximum absolute atomic E-state index is 12.6. The van der Waals surface area contributed by atoms with E-state index in [0.717, 1.165) is 82.4 Å². The van der Waals surface area contributed by atoms with Gasteiger partial charge in [0.05, 0.1) is 26.4 Å². The highest BCUT2D eigenvalue weighted by Gasteiger charge is 2.33. The van der Waals surface area contributed by atoms with Crippen LogP contribution in [0.3, 0.4) is 0 Å². The molecule has 75 heavy (non-hydrogen) atoms. The topological polar surface area (TPSA) is 176 Å². The molecule has 19 heteroatoms. The fourth-order valence-electron chi connectivity index (χ4n) is 8.83. The second-order valence-corrected chi connectivity index (χ2v) is 22.0. The summed E-state index contributed by atoms with van der Waals surface area (Å²) in [6, 6.07) is 13.8. The summed E-state index contributed by atoms with van der Waals surface area (Å²) in [5.74, 6) is 0.913. The third-order valence-electron chi connectivity index (χ3n) is 13.0. The second-order valence-electron chi connectivity index (χ2n) is 21.3. The number of piperidine rings is 2. The lowest BCUT2D eigenvalue weighted by atomic mass is 9.91. The number of rotatable bonds is 19. The molecule has 6 rings (SSSR count). The van der Waals surface area contributed by atoms with Crippen LogP contribution in [0.25, 0.3) is 9.69 Å². The van der Waals surface area contributed by atoms with Crippen molar-refractivity contribution >= 4 is 63.1 Å². The number of likely N-dealkylation sites (tertiary alicyclic amines) is 2. The Labute approximate surface area is 453 Å². The summed E-state index contributed by atoms with van der Waals surface area (Å²) in [4.78, 5) is 87.0. The lowest BCUT2D eigenvalue weighted by Crippen LogP contribution is -2.54. The van der Waals surface area contributed by atoms with E-state index in [2.05, 4.69) is 30.9 Å². The molecule has 4 heterocycles. The van der Waals surface area contributed by atoms with Crippen molar-refractivity contribution in [1.82, 2.24) is 29.8 Å². The fourth-order valence-corrected chi connectivity index (χ4v) is 9.23. The minimum absolute atomic E-state index is 0.151. The molecule has 0 radical (unpaired) electrons. The minimum Gasteiger partial charge on any atom is -0.494 e. The number of nitrogens with zero attached hydrogens (tertiary/aromatic N) is 7. The van der Waals surface area contributed by atoms with Crippen LogP contribution in [0.1, 0.15) is 119 Å². The van der Waals surface area contributed by atoms with Crippen LogP contribution in [0.15, 0.2) is 48.5 Å². The SMILES string of the molecule is CC(C)(C)OC(=O)N1CCC(CCCCBr)CC1.[C-]#[N+]c1ccc(OCCCN2CCN(CCCCC3CCN(C(=O)OC(C)(C)C)CC3)C(=O)C2=O)cc1.[C-]#[N+]c1ccc(OCCCN2CCNC(=O)C2=O)cc1. The molecule has 412 valence electrons. The third kappa shape index (κ3) is 23.1. The zero-order valence-electron chi connectivity index (χ0n) is 45.2. The zero-order chi connectivity index (χ0) is 54.8. The van der Waals surface area contributed by atoms with Crippen LogP contribution >= 0.6 is 15.9 Å². The Hall–Kier alpha value is -6.08. The fraction of sp³-hybridized carbons (Fsp3) is 0.643. The lowest BCUT2D eigenvalue weighted by molar-refractivity contribution is -0.156. The number of alkyl halides is 1. The quantitative estimate of drug-likeness (QED) is 0.0617. The van der Waals surface area contributed by atoms with Crippen molar-refractivity contribution in [3.8, 4) is 11.5 Å². The number of amides is 6. The van der Waals surface area contributed by atoms with Gasteiger partial charge >= 0.3 is 35.8 Å². The van der Waals surface area contributed by atoms with E-state index in [1.807, 2.05) is 46.4 Å². The molecular formula is C56H81BrN8O10. The van der Waals surface area contributed by atoms with Gasteiger partial charge in [-0.2, -0.15) is 0 Å². The van der Waals surface area contributed by atoms with Gasteiger partial charge in [-0.15, -0.1) is 0 Å². The van der Waals surface area contributed by atoms with E-state index in [1.165, 1.54) is 24.2 Å². The highest BCUT2D eigenvalue weighted by molar-refractivity contribution is 9.09. The molecule has 2 aromatic carbocycles. The number of ether oxygens (including phenoxy) is 4. The number of carbonyl (C=O) groups is 6. The van der Waals surface area contributed by atoms with Gasteiger partial charge in [0, 0.05) is 77.3 Å². The minimum atomic E-state index is -0.535. The van der Waals surface area contributed by atoms with Crippen molar-refractivity contribution in [2.24, 2.45) is 11.8 Å². The van der Waals surface area contributed by atoms with Gasteiger partial charge in [0.15, 0.2) is 11.4 Å². The average molecular weight is 1110 g/mol. The standard InChI is InChI=1S/C28H40N4O5.C14H26BrNO2.C14H15N3O3/c1-28(2,3)37-27(35)32-17-13-22(14-18-32)8-5-6-15-30-19-20-31(26(34)25(30)33)16-7-21-36-24-11-9-23(29-4)10-12-24;1-14(2,3)18-13(17)16-10-7-12(8-11-16)6-4-5-9-15;1-15-11-3-5-12(6-4-11)20-10-2-8-17-9-7-16-13(18)14(17)19/h9-12,22H,5-8,13-21H2,1-3H3;12H,4-11H2,1-3H3;3-6H,2,7-10H2,(H,16,18). The Bertz CT molecular complexity index is 2200. The molecule has 0 aromatic heterocycles. The smallest absolute Gasteiger partial charge is 0.410 e. The first-order valence-electron chi connectivity index (χ1n) is 26.7. The molecule has 18 nitrogen and oxygen atoms in total. The number of carbonyl (C=O) groups excluding carboxylic acids is 6. The Balaban J connectivity index is 0.000000269. The van der Waals surface area contributed by atoms with Crippen LogP contribution in [-0.2, 0) is 28.7 Å². The van der Waals surface area contributed by atoms with Crippen LogP contribution in [0.5, 0.6) is 11.5 Å². The van der Waals surface area contributed by atoms with E-state index < -0.39 is 29.2 Å². The molecule has 1 N–H and O–H groups in total. The summed E-state index contributed by atoms with van der Waals surface area (Å²) in [7, 11) is 0. The van der Waals surface area contributed by atoms with Crippen molar-refractivity contribution in [3.05, 3.63) is 71.4 Å². The largest absolute Gasteiger partial charge is 0.494 e. The summed E-state index contributed by atoms with van der Waals surface area (Å²) >= 11 is 3.46. The Kier molecular flexibility index (Phi) is 26.0. The van der Waals surface area contributed by atoms with Gasteiger partial charge in [-0.3, -0.25) is 19.2 Å². The van der Waals surface area contributed by atoms with Crippen LogP contribution in [0, 0.1) is 25.0 Å². The molecule has 0 aliphatic carbocycles. The van der Waals surface area contributed by atoms with Gasteiger partial charge in [0.1, 0.15) is 22.7 Å². The monoisotopic (exact) mass is 1100 g/mol. The maximum atomic E-state index is 12.6. The van der Waals surface area contributed by atoms with Gasteiger partial charge in [0.2, 0.25) is 0 Å². The van der Waals surface area contributed by atoms with Crippen molar-refractivity contribution < 1.29 is 47.7 Å². The first kappa shape index (κ1) is 61.5. The molecule has 4 aliphatic heterocycles. The predicted molar refractivity (Wildman–Crippen MR) is 291 cm³/mol. The van der Waals surface area contributed by atoms with Crippen LogP contribution in [0.2, 0.25) is 0 Å². The van der Waals surface area contributed by atoms with Gasteiger partial charge in [-0.05, 0) is 129 Å². The maximum Gasteiger partial charge on any atom is 0.410 e. The Morgan fingerprint density at radius 1 is 0.560 bits per heavy atom. The van der Waals surface area contributed by atoms with E-state index in [9.17, 15) is 28.8 Å². The molecule has 0 bridgehead atoms. The summed E-state index contributed by atoms with van der Waals surface area (Å²) in [5.41, 5.74) is 0.280. The van der Waals surface area contributed by atoms with Gasteiger partial charge in [0.25, 0.3) is 0 Å². The molecule has 0 saturated carbocycles. The van der Waals surface area contributed by atoms with Gasteiger partial charge in [-0.25, -0.2) is 19.3 Å². The third-order valence-corrected chi connectivity index (χ3v) is 13.5. The van der Waals surface area contributed by atoms with Crippen LogP contribution < -0.4 is 14.8 Å². The van der Waals surface area contributed by atoms with Gasteiger partial charge < -0.3 is 48.8 Å². The first-order valence-corrected chi connectivity index (χ1v) is 27.8. The van der Waals surface area contributed by atoms with E-state index in [4.69, 9.17) is 32.1 Å². The molecule has 0 spiro atoms.